The Morgan fingerprint density at radius 2 is 1.84 bits per heavy atom. The first-order valence-electron chi connectivity index (χ1n) is 6.35. The number of hydrogen-bond donors (Lipinski definition) is 1. The van der Waals surface area contributed by atoms with Crippen LogP contribution in [0.2, 0.25) is 0 Å². The van der Waals surface area contributed by atoms with E-state index in [1.54, 1.807) is 12.1 Å². The molecule has 4 heteroatoms. The van der Waals surface area contributed by atoms with Crippen LogP contribution in [0.4, 0.5) is 4.39 Å². The van der Waals surface area contributed by atoms with Crippen molar-refractivity contribution in [2.75, 3.05) is 6.54 Å². The Kier molecular flexibility index (Phi) is 6.60. The van der Waals surface area contributed by atoms with E-state index in [0.717, 1.165) is 30.2 Å². The van der Waals surface area contributed by atoms with Gasteiger partial charge in [0.15, 0.2) is 0 Å². The van der Waals surface area contributed by atoms with E-state index in [4.69, 9.17) is 4.42 Å². The van der Waals surface area contributed by atoms with E-state index in [0.29, 0.717) is 0 Å². The van der Waals surface area contributed by atoms with Crippen molar-refractivity contribution in [2.24, 2.45) is 0 Å². The van der Waals surface area contributed by atoms with E-state index in [9.17, 15) is 4.39 Å². The van der Waals surface area contributed by atoms with Gasteiger partial charge in [0.05, 0.1) is 6.54 Å². The minimum absolute atomic E-state index is 0. The lowest BCUT2D eigenvalue weighted by molar-refractivity contribution is 0.490. The van der Waals surface area contributed by atoms with Crippen molar-refractivity contribution in [3.63, 3.8) is 0 Å². The largest absolute Gasteiger partial charge is 0.460 e. The fraction of sp³-hybridized carbons (Fsp3) is 0.333. The molecule has 0 aliphatic heterocycles. The van der Waals surface area contributed by atoms with Gasteiger partial charge in [-0.25, -0.2) is 4.39 Å². The lowest BCUT2D eigenvalue weighted by Crippen LogP contribution is -2.13. The smallest absolute Gasteiger partial charge is 0.134 e. The number of nitrogens with one attached hydrogen (secondary N) is 1. The lowest BCUT2D eigenvalue weighted by Gasteiger charge is -2.01. The van der Waals surface area contributed by atoms with E-state index in [1.165, 1.54) is 25.0 Å². The number of halogens is 2. The summed E-state index contributed by atoms with van der Waals surface area (Å²) in [5.41, 5.74) is 0.899. The predicted molar refractivity (Wildman–Crippen MR) is 78.0 cm³/mol. The van der Waals surface area contributed by atoms with Gasteiger partial charge in [-0.05, 0) is 49.4 Å². The summed E-state index contributed by atoms with van der Waals surface area (Å²) in [6.07, 6.45) is 2.36. The maximum Gasteiger partial charge on any atom is 0.134 e. The fourth-order valence-electron chi connectivity index (χ4n) is 1.76. The molecule has 0 bridgehead atoms. The van der Waals surface area contributed by atoms with E-state index < -0.39 is 0 Å². The van der Waals surface area contributed by atoms with Crippen LogP contribution in [-0.2, 0) is 6.54 Å². The minimum atomic E-state index is -0.230. The molecule has 0 atom stereocenters. The van der Waals surface area contributed by atoms with Crippen LogP contribution >= 0.6 is 12.4 Å². The van der Waals surface area contributed by atoms with Crippen molar-refractivity contribution in [2.45, 2.75) is 26.3 Å². The van der Waals surface area contributed by atoms with Crippen LogP contribution in [0.15, 0.2) is 40.8 Å². The van der Waals surface area contributed by atoms with Gasteiger partial charge >= 0.3 is 0 Å². The van der Waals surface area contributed by atoms with Crippen molar-refractivity contribution in [1.29, 1.82) is 0 Å². The van der Waals surface area contributed by atoms with Gasteiger partial charge in [-0.2, -0.15) is 0 Å². The van der Waals surface area contributed by atoms with Crippen LogP contribution in [0.25, 0.3) is 11.3 Å². The quantitative estimate of drug-likeness (QED) is 0.795. The lowest BCUT2D eigenvalue weighted by atomic mass is 10.2. The molecule has 2 rings (SSSR count). The average Bonchev–Trinajstić information content (AvgIpc) is 2.84. The summed E-state index contributed by atoms with van der Waals surface area (Å²) in [6.45, 7) is 3.91. The monoisotopic (exact) mass is 283 g/mol. The third-order valence-electron chi connectivity index (χ3n) is 2.80. The van der Waals surface area contributed by atoms with E-state index in [-0.39, 0.29) is 18.2 Å². The Labute approximate surface area is 119 Å². The molecule has 0 spiro atoms. The molecule has 1 N–H and O–H groups in total. The van der Waals surface area contributed by atoms with Gasteiger partial charge in [0.1, 0.15) is 17.3 Å². The second-order valence-corrected chi connectivity index (χ2v) is 4.30. The summed E-state index contributed by atoms with van der Waals surface area (Å²) in [5, 5.41) is 3.32. The van der Waals surface area contributed by atoms with Crippen LogP contribution < -0.4 is 5.32 Å². The maximum absolute atomic E-state index is 12.8. The molecule has 0 amide bonds. The van der Waals surface area contributed by atoms with E-state index in [1.807, 2.05) is 12.1 Å². The molecular formula is C15H19ClFNO. The Morgan fingerprint density at radius 1 is 1.11 bits per heavy atom. The summed E-state index contributed by atoms with van der Waals surface area (Å²) >= 11 is 0. The summed E-state index contributed by atoms with van der Waals surface area (Å²) < 4.78 is 18.5. The van der Waals surface area contributed by atoms with Gasteiger partial charge < -0.3 is 9.73 Å². The normalized spacial score (nSPS) is 10.2. The minimum Gasteiger partial charge on any atom is -0.460 e. The van der Waals surface area contributed by atoms with E-state index in [2.05, 4.69) is 12.2 Å². The fourth-order valence-corrected chi connectivity index (χ4v) is 1.76. The first-order valence-corrected chi connectivity index (χ1v) is 6.35. The number of furan rings is 1. The predicted octanol–water partition coefficient (Wildman–Crippen LogP) is 4.40. The molecule has 0 saturated heterocycles. The van der Waals surface area contributed by atoms with Crippen molar-refractivity contribution in [3.8, 4) is 11.3 Å². The molecule has 1 aromatic heterocycles. The van der Waals surface area contributed by atoms with Crippen LogP contribution in [-0.4, -0.2) is 6.54 Å². The average molecular weight is 284 g/mol. The molecule has 0 aliphatic carbocycles. The first-order chi connectivity index (χ1) is 8.79. The van der Waals surface area contributed by atoms with Crippen molar-refractivity contribution < 1.29 is 8.81 Å². The highest BCUT2D eigenvalue weighted by Gasteiger charge is 2.04. The van der Waals surface area contributed by atoms with Crippen molar-refractivity contribution in [1.82, 2.24) is 5.32 Å². The molecule has 0 unspecified atom stereocenters. The highest BCUT2D eigenvalue weighted by molar-refractivity contribution is 5.85. The molecule has 0 fully saturated rings. The Hall–Kier alpha value is -1.32. The van der Waals surface area contributed by atoms with Crippen LogP contribution in [0.1, 0.15) is 25.5 Å². The Balaban J connectivity index is 0.00000180. The number of hydrogen-bond acceptors (Lipinski definition) is 2. The zero-order valence-electron chi connectivity index (χ0n) is 11.0. The topological polar surface area (TPSA) is 25.2 Å². The summed E-state index contributed by atoms with van der Waals surface area (Å²) in [7, 11) is 0. The third kappa shape index (κ3) is 4.69. The third-order valence-corrected chi connectivity index (χ3v) is 2.80. The van der Waals surface area contributed by atoms with E-state index >= 15 is 0 Å². The van der Waals surface area contributed by atoms with Gasteiger partial charge in [0.2, 0.25) is 0 Å². The highest BCUT2D eigenvalue weighted by atomic mass is 35.5. The first kappa shape index (κ1) is 15.7. The molecule has 0 aliphatic rings. The van der Waals surface area contributed by atoms with Gasteiger partial charge in [-0.3, -0.25) is 0 Å². The van der Waals surface area contributed by atoms with Crippen LogP contribution in [0, 0.1) is 5.82 Å². The van der Waals surface area contributed by atoms with Gasteiger partial charge in [-0.15, -0.1) is 12.4 Å². The van der Waals surface area contributed by atoms with Gasteiger partial charge in [0, 0.05) is 5.56 Å². The molecule has 0 saturated carbocycles. The van der Waals surface area contributed by atoms with Gasteiger partial charge in [-0.1, -0.05) is 13.3 Å². The summed E-state index contributed by atoms with van der Waals surface area (Å²) in [6, 6.07) is 10.2. The van der Waals surface area contributed by atoms with Crippen molar-refractivity contribution in [3.05, 3.63) is 48.0 Å². The molecule has 1 heterocycles. The molecule has 2 nitrogen and oxygen atoms in total. The molecular weight excluding hydrogens is 265 g/mol. The van der Waals surface area contributed by atoms with Crippen LogP contribution in [0.5, 0.6) is 0 Å². The summed E-state index contributed by atoms with van der Waals surface area (Å²) in [4.78, 5) is 0. The maximum atomic E-state index is 12.8. The molecule has 19 heavy (non-hydrogen) atoms. The molecule has 1 aromatic carbocycles. The van der Waals surface area contributed by atoms with Crippen molar-refractivity contribution >= 4 is 12.4 Å². The molecule has 104 valence electrons. The molecule has 0 radical (unpaired) electrons. The Bertz CT molecular complexity index is 481. The zero-order chi connectivity index (χ0) is 12.8. The second-order valence-electron chi connectivity index (χ2n) is 4.30. The second kappa shape index (κ2) is 7.97. The molecule has 2 aromatic rings. The standard InChI is InChI=1S/C15H18FNO.ClH/c1-2-3-10-17-11-14-8-9-15(18-14)12-4-6-13(16)7-5-12;/h4-9,17H,2-3,10-11H2,1H3;1H. The number of benzene rings is 1. The van der Waals surface area contributed by atoms with Gasteiger partial charge in [0.25, 0.3) is 0 Å². The summed E-state index contributed by atoms with van der Waals surface area (Å²) in [5.74, 6) is 1.46. The highest BCUT2D eigenvalue weighted by Crippen LogP contribution is 2.22. The SMILES string of the molecule is CCCCNCc1ccc(-c2ccc(F)cc2)o1.Cl. The number of unbranched alkanes of at least 4 members (excludes halogenated alkanes) is 1. The number of rotatable bonds is 6. The zero-order valence-corrected chi connectivity index (χ0v) is 11.8. The Morgan fingerprint density at radius 3 is 2.53 bits per heavy atom. The van der Waals surface area contributed by atoms with Crippen LogP contribution in [0.3, 0.4) is 0 Å².